The number of rotatable bonds is 7. The molecule has 4 fully saturated rings. The van der Waals surface area contributed by atoms with Crippen LogP contribution in [0.4, 0.5) is 0 Å². The molecule has 0 amide bonds. The van der Waals surface area contributed by atoms with E-state index < -0.39 is 88.7 Å². The van der Waals surface area contributed by atoms with Crippen LogP contribution in [0, 0.1) is 40.9 Å². The van der Waals surface area contributed by atoms with E-state index in [1.54, 1.807) is 34.0 Å². The van der Waals surface area contributed by atoms with Gasteiger partial charge < -0.3 is 33.7 Å². The number of ketones is 2. The van der Waals surface area contributed by atoms with Crippen LogP contribution in [0.3, 0.4) is 0 Å². The summed E-state index contributed by atoms with van der Waals surface area (Å²) < 4.78 is 32.1. The average Bonchev–Trinajstić information content (AvgIpc) is 3.87. The summed E-state index contributed by atoms with van der Waals surface area (Å²) in [6, 6.07) is 8.56. The average molecular weight is 836 g/mol. The summed E-state index contributed by atoms with van der Waals surface area (Å²) in [5, 5.41) is 11.7. The molecule has 4 aliphatic heterocycles. The summed E-state index contributed by atoms with van der Waals surface area (Å²) in [6.45, 7) is 14.3. The molecule has 0 spiro atoms. The highest BCUT2D eigenvalue weighted by Gasteiger charge is 2.70. The van der Waals surface area contributed by atoms with Gasteiger partial charge in [0, 0.05) is 42.0 Å². The molecule has 2 aromatic rings. The lowest BCUT2D eigenvalue weighted by Crippen LogP contribution is -2.60. The molecule has 2 aromatic heterocycles. The number of aliphatic hydroxyl groups excluding tert-OH is 1. The van der Waals surface area contributed by atoms with E-state index in [1.807, 2.05) is 81.9 Å². The molecule has 59 heavy (non-hydrogen) atoms. The van der Waals surface area contributed by atoms with Crippen molar-refractivity contribution < 1.29 is 48.0 Å². The Hall–Kier alpha value is -3.55. The third-order valence-corrected chi connectivity index (χ3v) is 14.3. The highest BCUT2D eigenvalue weighted by Crippen LogP contribution is 2.55. The fourth-order valence-corrected chi connectivity index (χ4v) is 11.3. The van der Waals surface area contributed by atoms with Gasteiger partial charge in [-0.2, -0.15) is 0 Å². The van der Waals surface area contributed by atoms with Gasteiger partial charge in [0.1, 0.15) is 36.6 Å². The van der Waals surface area contributed by atoms with Crippen molar-refractivity contribution in [3.05, 3.63) is 41.4 Å². The second-order valence-electron chi connectivity index (χ2n) is 18.0. The highest BCUT2D eigenvalue weighted by atomic mass is 32.1. The number of hydrogen-bond acceptors (Lipinski definition) is 14. The normalized spacial score (nSPS) is 39.6. The number of pyridine rings is 1. The molecule has 1 N–H and O–H groups in total. The van der Waals surface area contributed by atoms with E-state index in [0.717, 1.165) is 15.4 Å². The van der Waals surface area contributed by atoms with E-state index in [1.165, 1.54) is 18.3 Å². The number of ether oxygens (including phenoxy) is 5. The smallest absolute Gasteiger partial charge is 0.324 e. The van der Waals surface area contributed by atoms with Crippen LogP contribution in [0.2, 0.25) is 0 Å². The molecule has 13 nitrogen and oxygen atoms in total. The van der Waals surface area contributed by atoms with Gasteiger partial charge in [0.2, 0.25) is 0 Å². The fraction of sp³-hybridized carbons (Fsp3) is 0.667. The van der Waals surface area contributed by atoms with Crippen LogP contribution in [-0.4, -0.2) is 132 Å². The zero-order valence-electron chi connectivity index (χ0n) is 36.2. The van der Waals surface area contributed by atoms with Gasteiger partial charge >= 0.3 is 11.9 Å². The Morgan fingerprint density at radius 1 is 1.05 bits per heavy atom. The highest BCUT2D eigenvalue weighted by molar-refractivity contribution is 7.16. The molecule has 6 rings (SSSR count). The van der Waals surface area contributed by atoms with Gasteiger partial charge in [-0.3, -0.25) is 29.1 Å². The van der Waals surface area contributed by atoms with E-state index >= 15 is 4.79 Å². The van der Waals surface area contributed by atoms with Crippen LogP contribution in [0.5, 0.6) is 0 Å². The number of aromatic nitrogens is 1. The predicted octanol–water partition coefficient (Wildman–Crippen LogP) is 4.77. The first kappa shape index (κ1) is 45.0. The zero-order chi connectivity index (χ0) is 43.2. The standard InChI is InChI=1S/C45H61N3O10S/c1-12-33-45(8)37-34(41(53)58-45)48(11)24-43(37,6)38(51)25(2)23-44(7,54-21-15-16-29-18-19-32(59-29)30-17-13-14-20-46-30)39(27(4)35(49)28(5)40(52)56-33)57-42-36(50)31(47(9)10)22-26(3)55-42/h13-14,17-20,25-28,31,33-34,36-37,39,42,50H,12,21-24H2,1-11H3/t25-,26-,27+,28-,31+,33-,34-,36-,37-,39-,42+,43-,44+,45-/m1/s1. The Morgan fingerprint density at radius 2 is 1.78 bits per heavy atom. The van der Waals surface area contributed by atoms with E-state index in [9.17, 15) is 19.5 Å². The number of carbonyl (C=O) groups is 4. The van der Waals surface area contributed by atoms with Gasteiger partial charge in [0.25, 0.3) is 0 Å². The summed E-state index contributed by atoms with van der Waals surface area (Å²) in [5.41, 5.74) is -3.01. The van der Waals surface area contributed by atoms with Crippen molar-refractivity contribution in [2.24, 2.45) is 29.1 Å². The topological polar surface area (TPSA) is 154 Å². The third-order valence-electron chi connectivity index (χ3n) is 13.3. The van der Waals surface area contributed by atoms with Gasteiger partial charge in [-0.05, 0) is 92.4 Å². The Labute approximate surface area is 352 Å². The minimum atomic E-state index is -1.41. The SMILES string of the molecule is CC[C@H]1OC(=O)[C@H](C)C(=O)[C@H](C)[C@@H](O[C@@H]2O[C@H](C)C[C@H](N(C)C)[C@H]2O)[C@@](C)(OCC#Cc2ccc(-c3ccccn3)s2)C[C@@H](C)C(=O)[C@]2(C)CN(C)[C@H]3C(=O)O[C@@]1(C)[C@H]32. The van der Waals surface area contributed by atoms with Crippen molar-refractivity contribution in [3.63, 3.8) is 0 Å². The van der Waals surface area contributed by atoms with Crippen LogP contribution in [-0.2, 0) is 42.9 Å². The minimum Gasteiger partial charge on any atom is -0.458 e. The molecule has 14 atom stereocenters. The largest absolute Gasteiger partial charge is 0.458 e. The number of hydrogen-bond donors (Lipinski definition) is 1. The maximum absolute atomic E-state index is 15.2. The third kappa shape index (κ3) is 8.54. The van der Waals surface area contributed by atoms with Crippen molar-refractivity contribution in [2.75, 3.05) is 34.3 Å². The lowest BCUT2D eigenvalue weighted by atomic mass is 9.62. The molecular formula is C45H61N3O10S. The first-order chi connectivity index (χ1) is 27.7. The summed E-state index contributed by atoms with van der Waals surface area (Å²) in [6.07, 6.45) is -1.96. The molecule has 322 valence electrons. The Morgan fingerprint density at radius 3 is 2.44 bits per heavy atom. The van der Waals surface area contributed by atoms with Crippen molar-refractivity contribution in [1.29, 1.82) is 0 Å². The molecule has 0 aliphatic carbocycles. The molecule has 4 aliphatic rings. The molecular weight excluding hydrogens is 775 g/mol. The van der Waals surface area contributed by atoms with E-state index in [2.05, 4.69) is 16.8 Å². The number of likely N-dealkylation sites (N-methyl/N-ethyl adjacent to an activating group) is 2. The maximum atomic E-state index is 15.2. The number of aliphatic hydroxyl groups is 1. The summed E-state index contributed by atoms with van der Waals surface area (Å²) in [5.74, 6) is 0.858. The van der Waals surface area contributed by atoms with Crippen LogP contribution in [0.15, 0.2) is 36.5 Å². The van der Waals surface area contributed by atoms with E-state index in [-0.39, 0.29) is 43.9 Å². The molecule has 6 heterocycles. The predicted molar refractivity (Wildman–Crippen MR) is 221 cm³/mol. The summed E-state index contributed by atoms with van der Waals surface area (Å²) in [4.78, 5) is 67.4. The fourth-order valence-electron chi connectivity index (χ4n) is 10.4. The maximum Gasteiger partial charge on any atom is 0.324 e. The number of carbonyl (C=O) groups excluding carboxylic acids is 4. The van der Waals surface area contributed by atoms with Crippen LogP contribution in [0.25, 0.3) is 10.6 Å². The van der Waals surface area contributed by atoms with Crippen molar-refractivity contribution in [2.45, 2.75) is 129 Å². The Bertz CT molecular complexity index is 1950. The van der Waals surface area contributed by atoms with E-state index in [0.29, 0.717) is 6.42 Å². The van der Waals surface area contributed by atoms with Gasteiger partial charge in [-0.25, -0.2) is 0 Å². The first-order valence-corrected chi connectivity index (χ1v) is 21.6. The van der Waals surface area contributed by atoms with Crippen molar-refractivity contribution in [3.8, 4) is 22.4 Å². The number of nitrogens with zero attached hydrogens (tertiary/aromatic N) is 3. The quantitative estimate of drug-likeness (QED) is 0.232. The Kier molecular flexibility index (Phi) is 13.3. The number of Topliss-reactive ketones (excluding diaryl/α,β-unsaturated/α-hetero) is 2. The zero-order valence-corrected chi connectivity index (χ0v) is 37.0. The molecule has 4 saturated heterocycles. The molecule has 0 saturated carbocycles. The second-order valence-corrected chi connectivity index (χ2v) is 19.1. The number of likely N-dealkylation sites (tertiary alicyclic amines) is 1. The number of thiophene rings is 1. The minimum absolute atomic E-state index is 0.0757. The lowest BCUT2D eigenvalue weighted by molar-refractivity contribution is -0.296. The van der Waals surface area contributed by atoms with Gasteiger partial charge in [-0.1, -0.05) is 45.6 Å². The first-order valence-electron chi connectivity index (χ1n) is 20.8. The Balaban J connectivity index is 1.42. The monoisotopic (exact) mass is 835 g/mol. The number of cyclic esters (lactones) is 1. The number of esters is 2. The lowest BCUT2D eigenvalue weighted by Gasteiger charge is -2.48. The summed E-state index contributed by atoms with van der Waals surface area (Å²) >= 11 is 1.50. The van der Waals surface area contributed by atoms with E-state index in [4.69, 9.17) is 23.7 Å². The van der Waals surface area contributed by atoms with Crippen LogP contribution in [0.1, 0.15) is 79.5 Å². The van der Waals surface area contributed by atoms with Gasteiger partial charge in [0.05, 0.1) is 33.3 Å². The van der Waals surface area contributed by atoms with Crippen molar-refractivity contribution in [1.82, 2.24) is 14.8 Å². The molecule has 0 unspecified atom stereocenters. The van der Waals surface area contributed by atoms with Gasteiger partial charge in [0.15, 0.2) is 17.7 Å². The second kappa shape index (κ2) is 17.4. The van der Waals surface area contributed by atoms with Crippen molar-refractivity contribution >= 4 is 34.8 Å². The molecule has 0 radical (unpaired) electrons. The molecule has 0 aromatic carbocycles. The van der Waals surface area contributed by atoms with Crippen LogP contribution >= 0.6 is 11.3 Å². The van der Waals surface area contributed by atoms with Gasteiger partial charge in [-0.15, -0.1) is 11.3 Å². The summed E-state index contributed by atoms with van der Waals surface area (Å²) in [7, 11) is 5.55. The molecule has 14 heteroatoms. The molecule has 0 bridgehead atoms. The van der Waals surface area contributed by atoms with Crippen LogP contribution < -0.4 is 0 Å².